The van der Waals surface area contributed by atoms with Crippen molar-refractivity contribution in [2.45, 2.75) is 44.0 Å². The lowest BCUT2D eigenvalue weighted by atomic mass is 9.74. The Kier molecular flexibility index (Phi) is 5.79. The van der Waals surface area contributed by atoms with E-state index >= 15 is 0 Å². The maximum Gasteiger partial charge on any atom is 0.0186 e. The molecule has 4 atom stereocenters. The molecule has 0 bridgehead atoms. The van der Waals surface area contributed by atoms with Gasteiger partial charge in [-0.2, -0.15) is 0 Å². The van der Waals surface area contributed by atoms with Crippen LogP contribution in [-0.4, -0.2) is 11.8 Å². The van der Waals surface area contributed by atoms with E-state index in [1.807, 2.05) is 11.8 Å². The summed E-state index contributed by atoms with van der Waals surface area (Å²) in [4.78, 5) is 1.31. The lowest BCUT2D eigenvalue weighted by Gasteiger charge is -2.35. The molecular formula is C16H24BrNS. The fourth-order valence-corrected chi connectivity index (χ4v) is 4.46. The van der Waals surface area contributed by atoms with Crippen molar-refractivity contribution < 1.29 is 0 Å². The minimum atomic E-state index is 0.332. The Morgan fingerprint density at radius 2 is 2.11 bits per heavy atom. The van der Waals surface area contributed by atoms with Gasteiger partial charge in [0.15, 0.2) is 0 Å². The first-order chi connectivity index (χ1) is 9.06. The fraction of sp³-hybridized carbons (Fsp3) is 0.625. The first-order valence-corrected chi connectivity index (χ1v) is 8.98. The lowest BCUT2D eigenvalue weighted by Crippen LogP contribution is -2.37. The van der Waals surface area contributed by atoms with Gasteiger partial charge in [0.25, 0.3) is 0 Å². The highest BCUT2D eigenvalue weighted by Gasteiger charge is 2.28. The predicted octanol–water partition coefficient (Wildman–Crippen LogP) is 4.94. The van der Waals surface area contributed by atoms with Crippen molar-refractivity contribution in [1.29, 1.82) is 0 Å². The molecule has 0 heterocycles. The van der Waals surface area contributed by atoms with Gasteiger partial charge in [-0.1, -0.05) is 42.3 Å². The van der Waals surface area contributed by atoms with Crippen molar-refractivity contribution in [1.82, 2.24) is 0 Å². The van der Waals surface area contributed by atoms with Crippen molar-refractivity contribution in [2.75, 3.05) is 5.75 Å². The molecule has 0 aromatic heterocycles. The smallest absolute Gasteiger partial charge is 0.0186 e. The van der Waals surface area contributed by atoms with Gasteiger partial charge < -0.3 is 5.73 Å². The van der Waals surface area contributed by atoms with Crippen LogP contribution in [0.25, 0.3) is 0 Å². The topological polar surface area (TPSA) is 26.0 Å². The molecule has 1 aliphatic rings. The fourth-order valence-electron chi connectivity index (χ4n) is 2.86. The van der Waals surface area contributed by atoms with Gasteiger partial charge in [0.1, 0.15) is 0 Å². The Balaban J connectivity index is 1.83. The second kappa shape index (κ2) is 7.14. The van der Waals surface area contributed by atoms with Crippen molar-refractivity contribution in [3.63, 3.8) is 0 Å². The van der Waals surface area contributed by atoms with E-state index < -0.39 is 0 Å². The summed E-state index contributed by atoms with van der Waals surface area (Å²) >= 11 is 5.40. The molecule has 2 rings (SSSR count). The minimum Gasteiger partial charge on any atom is -0.327 e. The third-order valence-electron chi connectivity index (χ3n) is 4.48. The quantitative estimate of drug-likeness (QED) is 0.784. The lowest BCUT2D eigenvalue weighted by molar-refractivity contribution is 0.192. The molecular weight excluding hydrogens is 318 g/mol. The van der Waals surface area contributed by atoms with E-state index in [1.54, 1.807) is 0 Å². The normalized spacial score (nSPS) is 29.2. The highest BCUT2D eigenvalue weighted by molar-refractivity contribution is 9.10. The molecule has 106 valence electrons. The first-order valence-electron chi connectivity index (χ1n) is 7.20. The van der Waals surface area contributed by atoms with Crippen LogP contribution in [0.5, 0.6) is 0 Å². The Morgan fingerprint density at radius 3 is 2.79 bits per heavy atom. The Bertz CT molecular complexity index is 409. The second-order valence-corrected chi connectivity index (χ2v) is 7.97. The minimum absolute atomic E-state index is 0.332. The van der Waals surface area contributed by atoms with Crippen LogP contribution >= 0.6 is 27.7 Å². The Hall–Kier alpha value is 0.01000. The predicted molar refractivity (Wildman–Crippen MR) is 88.5 cm³/mol. The van der Waals surface area contributed by atoms with Crippen LogP contribution in [-0.2, 0) is 0 Å². The molecule has 3 heteroatoms. The number of nitrogens with two attached hydrogens (primary N) is 1. The summed E-state index contributed by atoms with van der Waals surface area (Å²) in [6, 6.07) is 8.81. The van der Waals surface area contributed by atoms with Crippen LogP contribution < -0.4 is 5.73 Å². The summed E-state index contributed by atoms with van der Waals surface area (Å²) in [6.07, 6.45) is 3.97. The first kappa shape index (κ1) is 15.4. The van der Waals surface area contributed by atoms with Crippen LogP contribution in [0.1, 0.15) is 33.1 Å². The van der Waals surface area contributed by atoms with E-state index in [-0.39, 0.29) is 0 Å². The molecule has 19 heavy (non-hydrogen) atoms. The number of halogens is 1. The van der Waals surface area contributed by atoms with Gasteiger partial charge in [-0.05, 0) is 48.8 Å². The maximum absolute atomic E-state index is 6.41. The van der Waals surface area contributed by atoms with Crippen LogP contribution in [0.2, 0.25) is 0 Å². The largest absolute Gasteiger partial charge is 0.327 e. The second-order valence-electron chi connectivity index (χ2n) is 5.96. The summed E-state index contributed by atoms with van der Waals surface area (Å²) in [6.45, 7) is 4.76. The van der Waals surface area contributed by atoms with Gasteiger partial charge in [0, 0.05) is 21.2 Å². The van der Waals surface area contributed by atoms with Crippen molar-refractivity contribution in [3.05, 3.63) is 28.7 Å². The zero-order valence-electron chi connectivity index (χ0n) is 11.8. The Labute approximate surface area is 129 Å². The van der Waals surface area contributed by atoms with Gasteiger partial charge in [-0.3, -0.25) is 0 Å². The zero-order valence-corrected chi connectivity index (χ0v) is 14.2. The Morgan fingerprint density at radius 1 is 1.32 bits per heavy atom. The van der Waals surface area contributed by atoms with E-state index in [0.29, 0.717) is 12.0 Å². The standard InChI is InChI=1S/C16H24BrNS/c1-11-6-7-13(8-12(11)2)16(18)10-19-15-5-3-4-14(17)9-15/h3-5,9,11-13,16H,6-8,10,18H2,1-2H3. The average molecular weight is 342 g/mol. The van der Waals surface area contributed by atoms with Crippen LogP contribution in [0, 0.1) is 17.8 Å². The van der Waals surface area contributed by atoms with Gasteiger partial charge in [0.2, 0.25) is 0 Å². The monoisotopic (exact) mass is 341 g/mol. The SMILES string of the molecule is CC1CCC(C(N)CSc2cccc(Br)c2)CC1C. The van der Waals surface area contributed by atoms with E-state index in [1.165, 1.54) is 24.2 Å². The molecule has 0 amide bonds. The summed E-state index contributed by atoms with van der Waals surface area (Å²) in [7, 11) is 0. The highest BCUT2D eigenvalue weighted by atomic mass is 79.9. The molecule has 0 spiro atoms. The van der Waals surface area contributed by atoms with E-state index in [9.17, 15) is 0 Å². The van der Waals surface area contributed by atoms with E-state index in [2.05, 4.69) is 54.0 Å². The molecule has 0 aliphatic heterocycles. The number of thioether (sulfide) groups is 1. The molecule has 1 aromatic carbocycles. The molecule has 4 unspecified atom stereocenters. The van der Waals surface area contributed by atoms with Crippen LogP contribution in [0.3, 0.4) is 0 Å². The molecule has 1 fully saturated rings. The van der Waals surface area contributed by atoms with Gasteiger partial charge >= 0.3 is 0 Å². The number of rotatable bonds is 4. The molecule has 1 aliphatic carbocycles. The van der Waals surface area contributed by atoms with Crippen molar-refractivity contribution in [3.8, 4) is 0 Å². The number of hydrogen-bond donors (Lipinski definition) is 1. The van der Waals surface area contributed by atoms with Crippen molar-refractivity contribution >= 4 is 27.7 Å². The zero-order chi connectivity index (χ0) is 13.8. The molecule has 1 nitrogen and oxygen atoms in total. The highest BCUT2D eigenvalue weighted by Crippen LogP contribution is 2.35. The molecule has 2 N–H and O–H groups in total. The van der Waals surface area contributed by atoms with Gasteiger partial charge in [-0.25, -0.2) is 0 Å². The summed E-state index contributed by atoms with van der Waals surface area (Å²) in [5.74, 6) is 3.45. The summed E-state index contributed by atoms with van der Waals surface area (Å²) in [5, 5.41) is 0. The number of hydrogen-bond acceptors (Lipinski definition) is 2. The number of benzene rings is 1. The summed E-state index contributed by atoms with van der Waals surface area (Å²) < 4.78 is 1.14. The third-order valence-corrected chi connectivity index (χ3v) is 6.11. The van der Waals surface area contributed by atoms with Crippen LogP contribution in [0.4, 0.5) is 0 Å². The molecule has 0 saturated heterocycles. The van der Waals surface area contributed by atoms with E-state index in [0.717, 1.165) is 22.1 Å². The van der Waals surface area contributed by atoms with E-state index in [4.69, 9.17) is 5.73 Å². The third kappa shape index (κ3) is 4.51. The molecule has 1 aromatic rings. The molecule has 1 saturated carbocycles. The van der Waals surface area contributed by atoms with Crippen LogP contribution in [0.15, 0.2) is 33.6 Å². The average Bonchev–Trinajstić information content (AvgIpc) is 2.39. The van der Waals surface area contributed by atoms with Gasteiger partial charge in [0.05, 0.1) is 0 Å². The maximum atomic E-state index is 6.41. The van der Waals surface area contributed by atoms with Crippen molar-refractivity contribution in [2.24, 2.45) is 23.5 Å². The van der Waals surface area contributed by atoms with Gasteiger partial charge in [-0.15, -0.1) is 11.8 Å². The summed E-state index contributed by atoms with van der Waals surface area (Å²) in [5.41, 5.74) is 6.41. The molecule has 0 radical (unpaired) electrons.